The highest BCUT2D eigenvalue weighted by Crippen LogP contribution is 2.63. The quantitative estimate of drug-likeness (QED) is 0.295. The molecule has 0 amide bonds. The van der Waals surface area contributed by atoms with Crippen molar-refractivity contribution in [3.05, 3.63) is 72.8 Å². The summed E-state index contributed by atoms with van der Waals surface area (Å²) < 4.78 is 6.23. The van der Waals surface area contributed by atoms with Crippen LogP contribution in [0.15, 0.2) is 71.7 Å². The number of pyridine rings is 1. The predicted molar refractivity (Wildman–Crippen MR) is 142 cm³/mol. The molecule has 2 aromatic carbocycles. The monoisotopic (exact) mass is 451 g/mol. The number of fused-ring (bicyclic) bond motifs is 8. The van der Waals surface area contributed by atoms with Crippen molar-refractivity contribution >= 4 is 39.3 Å². The zero-order valence-corrected chi connectivity index (χ0v) is 20.8. The van der Waals surface area contributed by atoms with Crippen LogP contribution in [0.5, 0.6) is 0 Å². The number of hydrogen-bond acceptors (Lipinski definition) is 4. The van der Waals surface area contributed by atoms with Gasteiger partial charge in [-0.2, -0.15) is 4.98 Å². The van der Waals surface area contributed by atoms with Crippen molar-refractivity contribution in [2.24, 2.45) is 5.41 Å². The first-order valence-electron chi connectivity index (χ1n) is 12.5. The molecule has 2 aliphatic rings. The average Bonchev–Trinajstić information content (AvgIpc) is 3.39. The Morgan fingerprint density at radius 3 is 2.47 bits per heavy atom. The summed E-state index contributed by atoms with van der Waals surface area (Å²) in [5, 5.41) is 2.20. The van der Waals surface area contributed by atoms with Crippen molar-refractivity contribution < 1.29 is 4.42 Å². The molecule has 0 bridgehead atoms. The summed E-state index contributed by atoms with van der Waals surface area (Å²) in [6, 6.07) is 19.7. The molecular weight excluding hydrogens is 418 g/mol. The van der Waals surface area contributed by atoms with E-state index in [1.807, 2.05) is 12.1 Å². The molecule has 3 atom stereocenters. The van der Waals surface area contributed by atoms with Crippen molar-refractivity contribution in [2.45, 2.75) is 65.1 Å². The Kier molecular flexibility index (Phi) is 4.45. The van der Waals surface area contributed by atoms with Gasteiger partial charge in [0.1, 0.15) is 11.7 Å². The van der Waals surface area contributed by atoms with Crippen LogP contribution < -0.4 is 9.80 Å². The molecule has 0 radical (unpaired) electrons. The van der Waals surface area contributed by atoms with E-state index in [2.05, 4.69) is 99.5 Å². The summed E-state index contributed by atoms with van der Waals surface area (Å²) in [5.74, 6) is 0.992. The van der Waals surface area contributed by atoms with Crippen LogP contribution in [0.3, 0.4) is 0 Å². The molecule has 0 saturated carbocycles. The highest BCUT2D eigenvalue weighted by atomic mass is 16.3. The second kappa shape index (κ2) is 7.11. The predicted octanol–water partition coefficient (Wildman–Crippen LogP) is 7.94. The van der Waals surface area contributed by atoms with Crippen LogP contribution in [0, 0.1) is 5.41 Å². The number of nitrogens with zero attached hydrogens (tertiary/aromatic N) is 3. The summed E-state index contributed by atoms with van der Waals surface area (Å²) in [6.45, 7) is 16.1. The Labute approximate surface area is 201 Å². The SMILES string of the molecule is C=CC1(CC)c2ccccc2N2c3nc4oc5ccccc5c4cc3N(C(C)C)C2C1(C)CC. The molecule has 34 heavy (non-hydrogen) atoms. The lowest BCUT2D eigenvalue weighted by molar-refractivity contribution is 0.112. The molecule has 0 spiro atoms. The molecule has 0 saturated heterocycles. The molecule has 3 unspecified atom stereocenters. The molecule has 4 aromatic rings. The third-order valence-corrected chi connectivity index (χ3v) is 8.78. The third-order valence-electron chi connectivity index (χ3n) is 8.78. The smallest absolute Gasteiger partial charge is 0.229 e. The maximum atomic E-state index is 6.23. The number of rotatable bonds is 4. The summed E-state index contributed by atoms with van der Waals surface area (Å²) in [6.07, 6.45) is 4.38. The Morgan fingerprint density at radius 1 is 1.03 bits per heavy atom. The largest absolute Gasteiger partial charge is 0.438 e. The van der Waals surface area contributed by atoms with E-state index in [1.165, 1.54) is 16.9 Å². The van der Waals surface area contributed by atoms with E-state index in [0.29, 0.717) is 11.8 Å². The standard InChI is InChI=1S/C30H33N3O/c1-7-29(6)28-32(19(4)5)24-18-21-20-14-10-13-17-25(20)34-27(21)31-26(24)33(28)23-16-12-11-15-22(23)30(29,8-2)9-3/h8,10-19,28H,2,7,9H2,1,3-6H3. The summed E-state index contributed by atoms with van der Waals surface area (Å²) in [5.41, 5.74) is 5.13. The second-order valence-corrected chi connectivity index (χ2v) is 10.3. The van der Waals surface area contributed by atoms with Crippen LogP contribution in [0.4, 0.5) is 17.2 Å². The van der Waals surface area contributed by atoms with E-state index in [1.54, 1.807) is 0 Å². The minimum Gasteiger partial charge on any atom is -0.438 e. The van der Waals surface area contributed by atoms with Crippen LogP contribution in [-0.2, 0) is 5.41 Å². The molecule has 0 N–H and O–H groups in total. The summed E-state index contributed by atoms with van der Waals surface area (Å²) in [4.78, 5) is 10.3. The number of furan rings is 1. The number of anilines is 3. The van der Waals surface area contributed by atoms with Gasteiger partial charge in [0.15, 0.2) is 5.82 Å². The first-order chi connectivity index (χ1) is 16.4. The lowest BCUT2D eigenvalue weighted by atomic mass is 9.54. The second-order valence-electron chi connectivity index (χ2n) is 10.3. The van der Waals surface area contributed by atoms with Crippen LogP contribution in [-0.4, -0.2) is 17.2 Å². The minimum absolute atomic E-state index is 0.0774. The highest BCUT2D eigenvalue weighted by molar-refractivity contribution is 6.06. The van der Waals surface area contributed by atoms with Gasteiger partial charge >= 0.3 is 0 Å². The van der Waals surface area contributed by atoms with E-state index in [4.69, 9.17) is 9.40 Å². The van der Waals surface area contributed by atoms with Crippen molar-refractivity contribution in [1.29, 1.82) is 0 Å². The molecule has 4 heteroatoms. The molecule has 2 aromatic heterocycles. The minimum atomic E-state index is -0.138. The van der Waals surface area contributed by atoms with Gasteiger partial charge in [-0.1, -0.05) is 63.2 Å². The fourth-order valence-electron chi connectivity index (χ4n) is 6.95. The van der Waals surface area contributed by atoms with E-state index in [9.17, 15) is 0 Å². The van der Waals surface area contributed by atoms with E-state index in [-0.39, 0.29) is 17.0 Å². The molecule has 174 valence electrons. The van der Waals surface area contributed by atoms with Crippen molar-refractivity contribution in [3.8, 4) is 0 Å². The number of allylic oxidation sites excluding steroid dienone is 1. The van der Waals surface area contributed by atoms with Crippen LogP contribution >= 0.6 is 0 Å². The Hall–Kier alpha value is -3.27. The van der Waals surface area contributed by atoms with Crippen LogP contribution in [0.25, 0.3) is 22.1 Å². The van der Waals surface area contributed by atoms with Crippen LogP contribution in [0.2, 0.25) is 0 Å². The summed E-state index contributed by atoms with van der Waals surface area (Å²) >= 11 is 0. The zero-order chi connectivity index (χ0) is 23.8. The lowest BCUT2D eigenvalue weighted by Gasteiger charge is -2.59. The van der Waals surface area contributed by atoms with Gasteiger partial charge in [0, 0.05) is 27.9 Å². The molecule has 4 nitrogen and oxygen atoms in total. The van der Waals surface area contributed by atoms with Crippen molar-refractivity contribution in [1.82, 2.24) is 4.98 Å². The zero-order valence-electron chi connectivity index (χ0n) is 20.8. The first-order valence-corrected chi connectivity index (χ1v) is 12.5. The molecule has 0 fully saturated rings. The van der Waals surface area contributed by atoms with Gasteiger partial charge in [0.25, 0.3) is 0 Å². The van der Waals surface area contributed by atoms with Gasteiger partial charge in [-0.25, -0.2) is 0 Å². The van der Waals surface area contributed by atoms with Crippen molar-refractivity contribution in [3.63, 3.8) is 0 Å². The van der Waals surface area contributed by atoms with Gasteiger partial charge in [-0.05, 0) is 50.5 Å². The van der Waals surface area contributed by atoms with Crippen molar-refractivity contribution in [2.75, 3.05) is 9.80 Å². The molecule has 2 aliphatic heterocycles. The number of benzene rings is 2. The average molecular weight is 452 g/mol. The van der Waals surface area contributed by atoms with Gasteiger partial charge in [0.05, 0.1) is 11.1 Å². The molecule has 6 rings (SSSR count). The van der Waals surface area contributed by atoms with E-state index in [0.717, 1.165) is 35.0 Å². The number of para-hydroxylation sites is 2. The fourth-order valence-corrected chi connectivity index (χ4v) is 6.95. The third kappa shape index (κ3) is 2.36. The lowest BCUT2D eigenvalue weighted by Crippen LogP contribution is -2.64. The first kappa shape index (κ1) is 21.3. The Morgan fingerprint density at radius 2 is 1.76 bits per heavy atom. The maximum absolute atomic E-state index is 6.23. The van der Waals surface area contributed by atoms with E-state index < -0.39 is 0 Å². The number of aromatic nitrogens is 1. The van der Waals surface area contributed by atoms with Gasteiger partial charge in [0.2, 0.25) is 5.71 Å². The number of hydrogen-bond donors (Lipinski definition) is 0. The summed E-state index contributed by atoms with van der Waals surface area (Å²) in [7, 11) is 0. The topological polar surface area (TPSA) is 32.5 Å². The fraction of sp³-hybridized carbons (Fsp3) is 0.367. The Balaban J connectivity index is 1.72. The molecule has 4 heterocycles. The molecular formula is C30H33N3O. The van der Waals surface area contributed by atoms with E-state index >= 15 is 0 Å². The normalized spacial score (nSPS) is 25.6. The van der Waals surface area contributed by atoms with Gasteiger partial charge in [-0.3, -0.25) is 0 Å². The van der Waals surface area contributed by atoms with Gasteiger partial charge in [-0.15, -0.1) is 6.58 Å². The van der Waals surface area contributed by atoms with Gasteiger partial charge < -0.3 is 14.2 Å². The Bertz CT molecular complexity index is 1440. The highest BCUT2D eigenvalue weighted by Gasteiger charge is 2.61. The maximum Gasteiger partial charge on any atom is 0.229 e. The molecule has 0 aliphatic carbocycles. The van der Waals surface area contributed by atoms with Crippen LogP contribution in [0.1, 0.15) is 53.0 Å².